The number of halogens is 4. The summed E-state index contributed by atoms with van der Waals surface area (Å²) in [4.78, 5) is 27.5. The standard InChI is InChI=1S/C23H14Cl2F2N2O2/c1-12-10-14(24)4-9-19(12)28-21-20(13-2-5-15(26)6-3-13)22(30)29(23(21)31)16-7-8-18(27)17(25)11-16/h2-11,28H,1H3. The molecular formula is C23H14Cl2F2N2O2. The summed E-state index contributed by atoms with van der Waals surface area (Å²) in [6.07, 6.45) is 0. The van der Waals surface area contributed by atoms with Crippen LogP contribution in [-0.2, 0) is 9.59 Å². The first kappa shape index (κ1) is 21.0. The molecule has 1 heterocycles. The summed E-state index contributed by atoms with van der Waals surface area (Å²) >= 11 is 11.9. The van der Waals surface area contributed by atoms with E-state index in [0.717, 1.165) is 16.5 Å². The van der Waals surface area contributed by atoms with E-state index in [1.54, 1.807) is 25.1 Å². The molecule has 0 aromatic heterocycles. The van der Waals surface area contributed by atoms with Gasteiger partial charge in [0, 0.05) is 10.7 Å². The van der Waals surface area contributed by atoms with Gasteiger partial charge in [0.05, 0.1) is 16.3 Å². The number of carbonyl (C=O) groups excluding carboxylic acids is 2. The van der Waals surface area contributed by atoms with Crippen molar-refractivity contribution in [3.05, 3.63) is 99.2 Å². The minimum Gasteiger partial charge on any atom is -0.350 e. The minimum absolute atomic E-state index is 0.00229. The number of amides is 2. The summed E-state index contributed by atoms with van der Waals surface area (Å²) in [5.41, 5.74) is 1.85. The highest BCUT2D eigenvalue weighted by Crippen LogP contribution is 2.35. The zero-order valence-electron chi connectivity index (χ0n) is 16.0. The van der Waals surface area contributed by atoms with Crippen molar-refractivity contribution >= 4 is 52.0 Å². The highest BCUT2D eigenvalue weighted by atomic mass is 35.5. The Morgan fingerprint density at radius 3 is 2.23 bits per heavy atom. The molecule has 156 valence electrons. The van der Waals surface area contributed by atoms with Gasteiger partial charge in [0.1, 0.15) is 17.3 Å². The fraction of sp³-hybridized carbons (Fsp3) is 0.0435. The Kier molecular flexibility index (Phi) is 5.52. The van der Waals surface area contributed by atoms with E-state index in [1.807, 2.05) is 0 Å². The zero-order chi connectivity index (χ0) is 22.3. The van der Waals surface area contributed by atoms with Crippen LogP contribution in [0.1, 0.15) is 11.1 Å². The number of imide groups is 1. The number of hydrogen-bond acceptors (Lipinski definition) is 3. The lowest BCUT2D eigenvalue weighted by Gasteiger charge is -2.16. The first-order chi connectivity index (χ1) is 14.8. The Balaban J connectivity index is 1.84. The molecule has 2 amide bonds. The van der Waals surface area contributed by atoms with Gasteiger partial charge in [-0.25, -0.2) is 13.7 Å². The summed E-state index contributed by atoms with van der Waals surface area (Å²) < 4.78 is 27.1. The molecule has 0 bridgehead atoms. The molecule has 0 aliphatic carbocycles. The average molecular weight is 459 g/mol. The molecule has 31 heavy (non-hydrogen) atoms. The highest BCUT2D eigenvalue weighted by Gasteiger charge is 2.40. The molecule has 0 saturated carbocycles. The quantitative estimate of drug-likeness (QED) is 0.489. The summed E-state index contributed by atoms with van der Waals surface area (Å²) in [6, 6.07) is 13.8. The Morgan fingerprint density at radius 2 is 1.58 bits per heavy atom. The number of nitrogens with one attached hydrogen (secondary N) is 1. The maximum absolute atomic E-state index is 13.6. The molecule has 0 radical (unpaired) electrons. The summed E-state index contributed by atoms with van der Waals surface area (Å²) in [7, 11) is 0. The molecule has 8 heteroatoms. The third kappa shape index (κ3) is 3.92. The predicted molar refractivity (Wildman–Crippen MR) is 117 cm³/mol. The van der Waals surface area contributed by atoms with E-state index in [1.165, 1.54) is 36.4 Å². The Bertz CT molecular complexity index is 1260. The Morgan fingerprint density at radius 1 is 0.871 bits per heavy atom. The monoisotopic (exact) mass is 458 g/mol. The van der Waals surface area contributed by atoms with Crippen LogP contribution in [-0.4, -0.2) is 11.8 Å². The number of anilines is 2. The molecule has 1 aliphatic rings. The normalized spacial score (nSPS) is 13.9. The van der Waals surface area contributed by atoms with Crippen molar-refractivity contribution in [1.29, 1.82) is 0 Å². The molecule has 0 unspecified atom stereocenters. The molecule has 4 nitrogen and oxygen atoms in total. The van der Waals surface area contributed by atoms with Gasteiger partial charge in [0.15, 0.2) is 0 Å². The fourth-order valence-electron chi connectivity index (χ4n) is 3.29. The maximum atomic E-state index is 13.6. The molecule has 0 atom stereocenters. The van der Waals surface area contributed by atoms with Crippen LogP contribution in [0.2, 0.25) is 10.0 Å². The molecular weight excluding hydrogens is 445 g/mol. The van der Waals surface area contributed by atoms with E-state index in [4.69, 9.17) is 23.2 Å². The second-order valence-corrected chi connectivity index (χ2v) is 7.73. The number of rotatable bonds is 4. The second-order valence-electron chi connectivity index (χ2n) is 6.89. The van der Waals surface area contributed by atoms with Crippen LogP contribution in [0.15, 0.2) is 66.4 Å². The molecule has 0 saturated heterocycles. The SMILES string of the molecule is Cc1cc(Cl)ccc1NC1=C(c2ccc(F)cc2)C(=O)N(c2ccc(F)c(Cl)c2)C1=O. The molecule has 3 aromatic rings. The van der Waals surface area contributed by atoms with Crippen molar-refractivity contribution in [2.24, 2.45) is 0 Å². The first-order valence-corrected chi connectivity index (χ1v) is 9.89. The Hall–Kier alpha value is -3.22. The van der Waals surface area contributed by atoms with Crippen LogP contribution in [0.3, 0.4) is 0 Å². The van der Waals surface area contributed by atoms with Crippen LogP contribution in [0.5, 0.6) is 0 Å². The van der Waals surface area contributed by atoms with Gasteiger partial charge in [-0.3, -0.25) is 9.59 Å². The summed E-state index contributed by atoms with van der Waals surface area (Å²) in [5.74, 6) is -2.45. The van der Waals surface area contributed by atoms with E-state index in [9.17, 15) is 18.4 Å². The van der Waals surface area contributed by atoms with E-state index in [2.05, 4.69) is 5.32 Å². The highest BCUT2D eigenvalue weighted by molar-refractivity contribution is 6.46. The topological polar surface area (TPSA) is 49.4 Å². The van der Waals surface area contributed by atoms with Gasteiger partial charge in [-0.1, -0.05) is 35.3 Å². The number of nitrogens with zero attached hydrogens (tertiary/aromatic N) is 1. The van der Waals surface area contributed by atoms with Crippen LogP contribution >= 0.6 is 23.2 Å². The maximum Gasteiger partial charge on any atom is 0.282 e. The molecule has 0 fully saturated rings. The number of aryl methyl sites for hydroxylation is 1. The number of hydrogen-bond donors (Lipinski definition) is 1. The Labute approximate surface area is 186 Å². The number of carbonyl (C=O) groups is 2. The van der Waals surface area contributed by atoms with Gasteiger partial charge in [-0.15, -0.1) is 0 Å². The molecule has 0 spiro atoms. The molecule has 1 aliphatic heterocycles. The van der Waals surface area contributed by atoms with Crippen molar-refractivity contribution in [2.45, 2.75) is 6.92 Å². The van der Waals surface area contributed by atoms with Crippen molar-refractivity contribution in [1.82, 2.24) is 0 Å². The lowest BCUT2D eigenvalue weighted by molar-refractivity contribution is -0.120. The summed E-state index contributed by atoms with van der Waals surface area (Å²) in [6.45, 7) is 1.80. The molecule has 1 N–H and O–H groups in total. The van der Waals surface area contributed by atoms with Crippen molar-refractivity contribution < 1.29 is 18.4 Å². The van der Waals surface area contributed by atoms with Crippen molar-refractivity contribution in [3.63, 3.8) is 0 Å². The van der Waals surface area contributed by atoms with E-state index < -0.39 is 23.4 Å². The van der Waals surface area contributed by atoms with Gasteiger partial charge in [0.2, 0.25) is 0 Å². The van der Waals surface area contributed by atoms with Crippen molar-refractivity contribution in [3.8, 4) is 0 Å². The predicted octanol–water partition coefficient (Wildman–Crippen LogP) is 5.98. The zero-order valence-corrected chi connectivity index (χ0v) is 17.6. The molecule has 4 rings (SSSR count). The average Bonchev–Trinajstić information content (AvgIpc) is 2.97. The first-order valence-electron chi connectivity index (χ1n) is 9.13. The van der Waals surface area contributed by atoms with Crippen molar-refractivity contribution in [2.75, 3.05) is 10.2 Å². The van der Waals surface area contributed by atoms with Gasteiger partial charge >= 0.3 is 0 Å². The largest absolute Gasteiger partial charge is 0.350 e. The van der Waals surface area contributed by atoms with E-state index in [-0.39, 0.29) is 22.0 Å². The minimum atomic E-state index is -0.675. The lowest BCUT2D eigenvalue weighted by atomic mass is 10.0. The smallest absolute Gasteiger partial charge is 0.282 e. The van der Waals surface area contributed by atoms with Gasteiger partial charge in [0.25, 0.3) is 11.8 Å². The number of benzene rings is 3. The van der Waals surface area contributed by atoms with Gasteiger partial charge in [-0.2, -0.15) is 0 Å². The van der Waals surface area contributed by atoms with Gasteiger partial charge in [-0.05, 0) is 66.6 Å². The second kappa shape index (κ2) is 8.13. The van der Waals surface area contributed by atoms with Crippen LogP contribution in [0.4, 0.5) is 20.2 Å². The van der Waals surface area contributed by atoms with Crippen LogP contribution in [0.25, 0.3) is 5.57 Å². The molecule has 3 aromatic carbocycles. The fourth-order valence-corrected chi connectivity index (χ4v) is 3.69. The summed E-state index contributed by atoms with van der Waals surface area (Å²) in [5, 5.41) is 3.31. The van der Waals surface area contributed by atoms with E-state index in [0.29, 0.717) is 16.3 Å². The van der Waals surface area contributed by atoms with E-state index >= 15 is 0 Å². The third-order valence-corrected chi connectivity index (χ3v) is 5.35. The lowest BCUT2D eigenvalue weighted by Crippen LogP contribution is -2.32. The van der Waals surface area contributed by atoms with Gasteiger partial charge < -0.3 is 5.32 Å². The van der Waals surface area contributed by atoms with Crippen LogP contribution < -0.4 is 10.2 Å². The van der Waals surface area contributed by atoms with Crippen LogP contribution in [0, 0.1) is 18.6 Å². The third-order valence-electron chi connectivity index (χ3n) is 4.83.